The number of rotatable bonds is 10. The Morgan fingerprint density at radius 2 is 2.06 bits per heavy atom. The molecule has 2 rings (SSSR count). The number of piperidine rings is 1. The van der Waals surface area contributed by atoms with Gasteiger partial charge in [-0.1, -0.05) is 26.0 Å². The molecule has 2 amide bonds. The van der Waals surface area contributed by atoms with Crippen LogP contribution in [-0.4, -0.2) is 58.3 Å². The van der Waals surface area contributed by atoms with Gasteiger partial charge in [0.05, 0.1) is 5.56 Å². The van der Waals surface area contributed by atoms with Crippen LogP contribution in [0.5, 0.6) is 0 Å². The van der Waals surface area contributed by atoms with Gasteiger partial charge in [-0.05, 0) is 44.4 Å². The molecular weight excluding hydrogens is 441 g/mol. The van der Waals surface area contributed by atoms with Crippen LogP contribution in [0, 0.1) is 0 Å². The van der Waals surface area contributed by atoms with Gasteiger partial charge in [-0.15, -0.1) is 0 Å². The summed E-state index contributed by atoms with van der Waals surface area (Å²) in [4.78, 5) is 17.1. The molecule has 10 heteroatoms. The minimum absolute atomic E-state index is 0.0511. The summed E-state index contributed by atoms with van der Waals surface area (Å²) in [5, 5.41) is 3.87. The Labute approximate surface area is 190 Å². The van der Waals surface area contributed by atoms with E-state index in [1.807, 2.05) is 0 Å². The van der Waals surface area contributed by atoms with Gasteiger partial charge < -0.3 is 15.1 Å². The lowest BCUT2D eigenvalue weighted by molar-refractivity contribution is -0.137. The van der Waals surface area contributed by atoms with Crippen molar-refractivity contribution in [2.75, 3.05) is 31.5 Å². The summed E-state index contributed by atoms with van der Waals surface area (Å²) in [6, 6.07) is 4.56. The van der Waals surface area contributed by atoms with E-state index in [-0.39, 0.29) is 24.8 Å². The van der Waals surface area contributed by atoms with Gasteiger partial charge in [-0.3, -0.25) is 0 Å². The highest BCUT2D eigenvalue weighted by atomic mass is 32.2. The minimum Gasteiger partial charge on any atom is -0.320 e. The fraction of sp³-hybridized carbons (Fsp3) is 0.591. The number of anilines is 1. The molecule has 0 spiro atoms. The van der Waals surface area contributed by atoms with E-state index >= 15 is 0 Å². The Hall–Kier alpha value is -1.91. The van der Waals surface area contributed by atoms with Gasteiger partial charge in [0, 0.05) is 49.4 Å². The quantitative estimate of drug-likeness (QED) is 0.521. The third-order valence-corrected chi connectivity index (χ3v) is 6.51. The number of carbonyl (C=O) groups excluding carboxylic acids is 1. The van der Waals surface area contributed by atoms with Crippen LogP contribution in [0.15, 0.2) is 36.3 Å². The van der Waals surface area contributed by atoms with E-state index in [0.717, 1.165) is 50.9 Å². The van der Waals surface area contributed by atoms with Crippen molar-refractivity contribution in [1.29, 1.82) is 0 Å². The molecule has 0 aromatic heterocycles. The largest absolute Gasteiger partial charge is 0.416 e. The molecular formula is C22H33F3N4O2S. The van der Waals surface area contributed by atoms with Crippen LogP contribution >= 0.6 is 0 Å². The van der Waals surface area contributed by atoms with E-state index in [1.165, 1.54) is 17.5 Å². The molecule has 1 aromatic carbocycles. The Balaban J connectivity index is 2.08. The molecule has 1 fully saturated rings. The van der Waals surface area contributed by atoms with Gasteiger partial charge in [0.1, 0.15) is 11.0 Å². The van der Waals surface area contributed by atoms with Gasteiger partial charge in [0.25, 0.3) is 0 Å². The van der Waals surface area contributed by atoms with E-state index in [4.69, 9.17) is 0 Å². The average molecular weight is 475 g/mol. The molecule has 180 valence electrons. The van der Waals surface area contributed by atoms with Crippen LogP contribution in [0.25, 0.3) is 0 Å². The summed E-state index contributed by atoms with van der Waals surface area (Å²) >= 11 is 0. The van der Waals surface area contributed by atoms with E-state index in [1.54, 1.807) is 4.90 Å². The summed E-state index contributed by atoms with van der Waals surface area (Å²) in [6.07, 6.45) is -0.717. The minimum atomic E-state index is -4.49. The summed E-state index contributed by atoms with van der Waals surface area (Å²) in [5.74, 6) is 0. The molecule has 6 nitrogen and oxygen atoms in total. The smallest absolute Gasteiger partial charge is 0.320 e. The number of alkyl halides is 3. The number of urea groups is 1. The van der Waals surface area contributed by atoms with Crippen molar-refractivity contribution in [3.8, 4) is 0 Å². The van der Waals surface area contributed by atoms with Crippen LogP contribution in [0.4, 0.5) is 23.7 Å². The monoisotopic (exact) mass is 474 g/mol. The highest BCUT2D eigenvalue weighted by Crippen LogP contribution is 2.31. The molecule has 2 N–H and O–H groups in total. The van der Waals surface area contributed by atoms with Crippen molar-refractivity contribution in [2.45, 2.75) is 57.8 Å². The van der Waals surface area contributed by atoms with E-state index in [0.29, 0.717) is 6.04 Å². The first kappa shape index (κ1) is 26.3. The first-order chi connectivity index (χ1) is 15.2. The highest BCUT2D eigenvalue weighted by Gasteiger charge is 2.32. The first-order valence-electron chi connectivity index (χ1n) is 10.9. The summed E-state index contributed by atoms with van der Waals surface area (Å²) < 4.78 is 53.4. The maximum Gasteiger partial charge on any atom is 0.416 e. The van der Waals surface area contributed by atoms with Crippen molar-refractivity contribution >= 4 is 22.7 Å². The number of likely N-dealkylation sites (tertiary alicyclic amines) is 1. The molecule has 0 saturated carbocycles. The van der Waals surface area contributed by atoms with Crippen LogP contribution < -0.4 is 10.0 Å². The standard InChI is InChI=1S/C22H33F3N4O2S/c1-4-7-17(3)28-13-10-20(11-14-28)29(15-12-26-32(31)5-2)21(30)27-19-9-6-8-18(16-19)22(23,24)25/h5-6,8-9,16-17,20,26H,2,4,7,10-15H2,1,3H3,(H,27,30). The SMILES string of the molecule is C=CS(=O)NCCN(C(=O)Nc1cccc(C(F)(F)F)c1)C1CCN(C(C)CCC)CC1. The zero-order chi connectivity index (χ0) is 23.7. The lowest BCUT2D eigenvalue weighted by atomic mass is 10.0. The van der Waals surface area contributed by atoms with Gasteiger partial charge in [-0.25, -0.2) is 13.7 Å². The third-order valence-electron chi connectivity index (χ3n) is 5.72. The normalized spacial score (nSPS) is 17.5. The second-order valence-electron chi connectivity index (χ2n) is 7.97. The Kier molecular flexibility index (Phi) is 10.2. The molecule has 2 unspecified atom stereocenters. The molecule has 0 radical (unpaired) electrons. The van der Waals surface area contributed by atoms with Crippen LogP contribution in [0.3, 0.4) is 0 Å². The Bertz CT molecular complexity index is 783. The average Bonchev–Trinajstić information content (AvgIpc) is 2.76. The zero-order valence-electron chi connectivity index (χ0n) is 18.7. The van der Waals surface area contributed by atoms with Crippen molar-refractivity contribution in [3.63, 3.8) is 0 Å². The third kappa shape index (κ3) is 7.90. The molecule has 1 aliphatic heterocycles. The van der Waals surface area contributed by atoms with Crippen LogP contribution in [0.1, 0.15) is 45.1 Å². The van der Waals surface area contributed by atoms with Crippen molar-refractivity contribution in [1.82, 2.24) is 14.5 Å². The van der Waals surface area contributed by atoms with Gasteiger partial charge >= 0.3 is 12.2 Å². The number of amides is 2. The number of hydrogen-bond donors (Lipinski definition) is 2. The number of hydrogen-bond acceptors (Lipinski definition) is 3. The lowest BCUT2D eigenvalue weighted by Gasteiger charge is -2.40. The predicted molar refractivity (Wildman–Crippen MR) is 122 cm³/mol. The molecule has 1 heterocycles. The lowest BCUT2D eigenvalue weighted by Crippen LogP contribution is -2.52. The molecule has 1 aromatic rings. The molecule has 1 saturated heterocycles. The zero-order valence-corrected chi connectivity index (χ0v) is 19.5. The van der Waals surface area contributed by atoms with E-state index in [9.17, 15) is 22.2 Å². The van der Waals surface area contributed by atoms with Gasteiger partial charge in [-0.2, -0.15) is 13.2 Å². The van der Waals surface area contributed by atoms with Gasteiger partial charge in [0.15, 0.2) is 0 Å². The number of carbonyl (C=O) groups is 1. The van der Waals surface area contributed by atoms with Crippen molar-refractivity contribution in [3.05, 3.63) is 41.8 Å². The number of nitrogens with zero attached hydrogens (tertiary/aromatic N) is 2. The molecule has 2 atom stereocenters. The van der Waals surface area contributed by atoms with Crippen molar-refractivity contribution in [2.24, 2.45) is 0 Å². The van der Waals surface area contributed by atoms with E-state index in [2.05, 4.69) is 35.4 Å². The molecule has 32 heavy (non-hydrogen) atoms. The molecule has 0 aliphatic carbocycles. The fourth-order valence-corrected chi connectivity index (χ4v) is 4.39. The highest BCUT2D eigenvalue weighted by molar-refractivity contribution is 7.86. The number of benzene rings is 1. The molecule has 0 bridgehead atoms. The Morgan fingerprint density at radius 1 is 1.38 bits per heavy atom. The van der Waals surface area contributed by atoms with Crippen LogP contribution in [0.2, 0.25) is 0 Å². The second-order valence-corrected chi connectivity index (χ2v) is 9.18. The topological polar surface area (TPSA) is 64.7 Å². The maximum atomic E-state index is 13.0. The van der Waals surface area contributed by atoms with Gasteiger partial charge in [0.2, 0.25) is 0 Å². The van der Waals surface area contributed by atoms with Crippen molar-refractivity contribution < 1.29 is 22.2 Å². The Morgan fingerprint density at radius 3 is 2.66 bits per heavy atom. The van der Waals surface area contributed by atoms with Crippen LogP contribution in [-0.2, 0) is 17.2 Å². The van der Waals surface area contributed by atoms with E-state index < -0.39 is 28.8 Å². The predicted octanol–water partition coefficient (Wildman–Crippen LogP) is 4.59. The number of nitrogens with one attached hydrogen (secondary N) is 2. The first-order valence-corrected chi connectivity index (χ1v) is 12.1. The summed E-state index contributed by atoms with van der Waals surface area (Å²) in [5.41, 5.74) is -0.727. The fourth-order valence-electron chi connectivity index (χ4n) is 3.98. The second kappa shape index (κ2) is 12.4. The molecule has 1 aliphatic rings. The summed E-state index contributed by atoms with van der Waals surface area (Å²) in [6.45, 7) is 10.1. The number of halogens is 3. The maximum absolute atomic E-state index is 13.0. The summed E-state index contributed by atoms with van der Waals surface area (Å²) in [7, 11) is -1.40.